The molecule has 2 aromatic rings. The highest BCUT2D eigenvalue weighted by Crippen LogP contribution is 2.24. The fourth-order valence-corrected chi connectivity index (χ4v) is 3.50. The number of aliphatic imine (C=N–C) groups is 1. The zero-order valence-corrected chi connectivity index (χ0v) is 17.3. The van der Waals surface area contributed by atoms with E-state index in [-0.39, 0.29) is 6.03 Å². The summed E-state index contributed by atoms with van der Waals surface area (Å²) in [6.07, 6.45) is 1.96. The van der Waals surface area contributed by atoms with Crippen LogP contribution in [-0.4, -0.2) is 47.0 Å². The molecule has 2 amide bonds. The quantitative estimate of drug-likeness (QED) is 0.342. The van der Waals surface area contributed by atoms with E-state index < -0.39 is 11.4 Å². The first-order chi connectivity index (χ1) is 14.3. The molecule has 3 rings (SSSR count). The second kappa shape index (κ2) is 8.82. The fraction of sp³-hybridized carbons (Fsp3) is 0.318. The number of nitriles is 1. The minimum absolute atomic E-state index is 0.293. The number of rotatable bonds is 2. The first-order valence-electron chi connectivity index (χ1n) is 9.69. The van der Waals surface area contributed by atoms with E-state index in [4.69, 9.17) is 0 Å². The molecule has 0 aliphatic carbocycles. The first kappa shape index (κ1) is 21.1. The van der Waals surface area contributed by atoms with E-state index in [1.165, 1.54) is 12.1 Å². The predicted molar refractivity (Wildman–Crippen MR) is 115 cm³/mol. The van der Waals surface area contributed by atoms with Gasteiger partial charge in [-0.3, -0.25) is 5.32 Å². The summed E-state index contributed by atoms with van der Waals surface area (Å²) in [5.74, 6) is 0.0413. The second-order valence-electron chi connectivity index (χ2n) is 7.78. The van der Waals surface area contributed by atoms with E-state index in [9.17, 15) is 14.4 Å². The molecule has 1 saturated heterocycles. The Morgan fingerprint density at radius 3 is 2.63 bits per heavy atom. The van der Waals surface area contributed by atoms with Crippen molar-refractivity contribution >= 4 is 23.4 Å². The number of aryl methyl sites for hydroxylation is 1. The standard InChI is InChI=1S/C22H25FN6O/c1-16-7-4-5-10-19(16)27-20(25-15-24)29-12-11-28(14-22(29,2)3)21(30)26-18-9-6-8-17(23)13-18/h4-10,13H,11-12,14H2,1-3H3,(H,25,27)(H,26,30). The highest BCUT2D eigenvalue weighted by atomic mass is 19.1. The van der Waals surface area contributed by atoms with Crippen LogP contribution in [0.2, 0.25) is 0 Å². The third-order valence-electron chi connectivity index (χ3n) is 5.03. The molecule has 0 radical (unpaired) electrons. The van der Waals surface area contributed by atoms with Crippen LogP contribution in [0.1, 0.15) is 19.4 Å². The van der Waals surface area contributed by atoms with Crippen molar-refractivity contribution in [3.05, 3.63) is 59.9 Å². The minimum atomic E-state index is -0.483. The number of para-hydroxylation sites is 1. The number of anilines is 1. The monoisotopic (exact) mass is 408 g/mol. The van der Waals surface area contributed by atoms with Crippen LogP contribution in [0.15, 0.2) is 53.5 Å². The lowest BCUT2D eigenvalue weighted by molar-refractivity contribution is 0.0917. The molecule has 0 aromatic heterocycles. The average molecular weight is 408 g/mol. The lowest BCUT2D eigenvalue weighted by Crippen LogP contribution is -2.64. The molecule has 1 aliphatic heterocycles. The maximum atomic E-state index is 13.4. The van der Waals surface area contributed by atoms with Crippen LogP contribution in [0.25, 0.3) is 0 Å². The van der Waals surface area contributed by atoms with Gasteiger partial charge in [0.1, 0.15) is 5.82 Å². The van der Waals surface area contributed by atoms with Gasteiger partial charge in [0.15, 0.2) is 6.19 Å². The highest BCUT2D eigenvalue weighted by Gasteiger charge is 2.37. The second-order valence-corrected chi connectivity index (χ2v) is 7.78. The summed E-state index contributed by atoms with van der Waals surface area (Å²) >= 11 is 0. The molecule has 0 atom stereocenters. The Bertz CT molecular complexity index is 997. The Kier molecular flexibility index (Phi) is 6.21. The molecule has 0 bridgehead atoms. The van der Waals surface area contributed by atoms with Crippen molar-refractivity contribution in [1.29, 1.82) is 5.26 Å². The Hall–Kier alpha value is -3.60. The molecular weight excluding hydrogens is 383 g/mol. The molecule has 2 N–H and O–H groups in total. The molecule has 2 aromatic carbocycles. The Balaban J connectivity index is 1.77. The molecule has 8 heteroatoms. The third-order valence-corrected chi connectivity index (χ3v) is 5.03. The predicted octanol–water partition coefficient (Wildman–Crippen LogP) is 3.82. The van der Waals surface area contributed by atoms with Crippen LogP contribution in [0.5, 0.6) is 0 Å². The number of carbonyl (C=O) groups excluding carboxylic acids is 1. The summed E-state index contributed by atoms with van der Waals surface area (Å²) < 4.78 is 13.4. The zero-order valence-electron chi connectivity index (χ0n) is 17.3. The van der Waals surface area contributed by atoms with E-state index in [0.29, 0.717) is 31.3 Å². The van der Waals surface area contributed by atoms with Gasteiger partial charge < -0.3 is 15.1 Å². The van der Waals surface area contributed by atoms with Crippen LogP contribution in [0.4, 0.5) is 20.6 Å². The van der Waals surface area contributed by atoms with Crippen molar-refractivity contribution in [1.82, 2.24) is 15.1 Å². The van der Waals surface area contributed by atoms with Crippen molar-refractivity contribution in [2.24, 2.45) is 4.99 Å². The van der Waals surface area contributed by atoms with Gasteiger partial charge >= 0.3 is 6.03 Å². The van der Waals surface area contributed by atoms with E-state index in [1.54, 1.807) is 17.0 Å². The largest absolute Gasteiger partial charge is 0.333 e. The van der Waals surface area contributed by atoms with Crippen molar-refractivity contribution in [2.75, 3.05) is 25.0 Å². The van der Waals surface area contributed by atoms with Crippen LogP contribution < -0.4 is 10.6 Å². The number of piperazine rings is 1. The van der Waals surface area contributed by atoms with Crippen LogP contribution in [-0.2, 0) is 0 Å². The number of amides is 2. The summed E-state index contributed by atoms with van der Waals surface area (Å²) in [5, 5.41) is 14.7. The molecule has 1 heterocycles. The molecule has 156 valence electrons. The number of nitrogens with zero attached hydrogens (tertiary/aromatic N) is 4. The van der Waals surface area contributed by atoms with Gasteiger partial charge in [-0.05, 0) is 50.6 Å². The smallest absolute Gasteiger partial charge is 0.321 e. The van der Waals surface area contributed by atoms with Gasteiger partial charge in [-0.15, -0.1) is 0 Å². The van der Waals surface area contributed by atoms with Gasteiger partial charge in [-0.2, -0.15) is 5.26 Å². The van der Waals surface area contributed by atoms with Crippen molar-refractivity contribution in [2.45, 2.75) is 26.3 Å². The number of nitrogens with one attached hydrogen (secondary N) is 2. The molecule has 0 spiro atoms. The molecule has 0 saturated carbocycles. The van der Waals surface area contributed by atoms with Gasteiger partial charge in [-0.1, -0.05) is 24.3 Å². The number of benzene rings is 2. The molecule has 1 aliphatic rings. The maximum Gasteiger partial charge on any atom is 0.321 e. The van der Waals surface area contributed by atoms with Crippen molar-refractivity contribution < 1.29 is 9.18 Å². The summed E-state index contributed by atoms with van der Waals surface area (Å²) in [7, 11) is 0. The zero-order chi connectivity index (χ0) is 21.7. The number of guanidine groups is 1. The molecule has 1 fully saturated rings. The third kappa shape index (κ3) is 4.87. The average Bonchev–Trinajstić information content (AvgIpc) is 2.68. The summed E-state index contributed by atoms with van der Waals surface area (Å²) in [4.78, 5) is 21.0. The lowest BCUT2D eigenvalue weighted by atomic mass is 9.99. The van der Waals surface area contributed by atoms with E-state index in [1.807, 2.05) is 56.1 Å². The SMILES string of the molecule is Cc1ccccc1N=C(NC#N)N1CCN(C(=O)Nc2cccc(F)c2)CC1(C)C. The number of hydrogen-bond donors (Lipinski definition) is 2. The summed E-state index contributed by atoms with van der Waals surface area (Å²) in [6.45, 7) is 7.27. The van der Waals surface area contributed by atoms with Gasteiger partial charge in [0.05, 0.1) is 11.2 Å². The molecule has 0 unspecified atom stereocenters. The minimum Gasteiger partial charge on any atom is -0.333 e. The first-order valence-corrected chi connectivity index (χ1v) is 9.69. The topological polar surface area (TPSA) is 83.8 Å². The van der Waals surface area contributed by atoms with Gasteiger partial charge in [0, 0.05) is 25.3 Å². The van der Waals surface area contributed by atoms with Crippen LogP contribution >= 0.6 is 0 Å². The van der Waals surface area contributed by atoms with Crippen molar-refractivity contribution in [3.8, 4) is 6.19 Å². The molecule has 30 heavy (non-hydrogen) atoms. The van der Waals surface area contributed by atoms with Gasteiger partial charge in [-0.25, -0.2) is 14.2 Å². The summed E-state index contributed by atoms with van der Waals surface area (Å²) in [5.41, 5.74) is 1.70. The number of halogens is 1. The summed E-state index contributed by atoms with van der Waals surface area (Å²) in [6, 6.07) is 13.2. The van der Waals surface area contributed by atoms with E-state index in [0.717, 1.165) is 11.3 Å². The fourth-order valence-electron chi connectivity index (χ4n) is 3.50. The number of hydrogen-bond acceptors (Lipinski definition) is 3. The highest BCUT2D eigenvalue weighted by molar-refractivity contribution is 5.90. The van der Waals surface area contributed by atoms with Crippen LogP contribution in [0, 0.1) is 24.2 Å². The molecule has 7 nitrogen and oxygen atoms in total. The lowest BCUT2D eigenvalue weighted by Gasteiger charge is -2.47. The van der Waals surface area contributed by atoms with E-state index in [2.05, 4.69) is 15.6 Å². The Morgan fingerprint density at radius 2 is 1.97 bits per heavy atom. The van der Waals surface area contributed by atoms with Gasteiger partial charge in [0.2, 0.25) is 5.96 Å². The van der Waals surface area contributed by atoms with Crippen LogP contribution in [0.3, 0.4) is 0 Å². The Labute approximate surface area is 175 Å². The Morgan fingerprint density at radius 1 is 1.20 bits per heavy atom. The maximum absolute atomic E-state index is 13.4. The van der Waals surface area contributed by atoms with Crippen molar-refractivity contribution in [3.63, 3.8) is 0 Å². The molecular formula is C22H25FN6O. The number of carbonyl (C=O) groups is 1. The van der Waals surface area contributed by atoms with E-state index >= 15 is 0 Å². The number of urea groups is 1. The normalized spacial score (nSPS) is 16.0. The van der Waals surface area contributed by atoms with Gasteiger partial charge in [0.25, 0.3) is 0 Å².